The Morgan fingerprint density at radius 2 is 0.689 bits per heavy atom. The molecule has 1 N–H and O–H groups in total. The number of ether oxygens (including phenoxy) is 1. The predicted molar refractivity (Wildman–Crippen MR) is 195 cm³/mol. The molecule has 0 saturated heterocycles. The van der Waals surface area contributed by atoms with Gasteiger partial charge in [-0.3, -0.25) is 9.59 Å². The first-order valence-corrected chi connectivity index (χ1v) is 20.5. The van der Waals surface area contributed by atoms with Crippen molar-refractivity contribution in [1.29, 1.82) is 0 Å². The monoisotopic (exact) mass is 637 g/mol. The number of carboxylic acids is 1. The van der Waals surface area contributed by atoms with Gasteiger partial charge in [-0.1, -0.05) is 206 Å². The average Bonchev–Trinajstić information content (AvgIpc) is 3.03. The van der Waals surface area contributed by atoms with Crippen LogP contribution in [0.15, 0.2) is 0 Å². The molecule has 0 rings (SSSR count). The van der Waals surface area contributed by atoms with E-state index in [0.717, 1.165) is 32.1 Å². The quantitative estimate of drug-likeness (QED) is 0.0541. The highest BCUT2D eigenvalue weighted by Crippen LogP contribution is 2.18. The smallest absolute Gasteiger partial charge is 0.306 e. The molecule has 4 nitrogen and oxygen atoms in total. The van der Waals surface area contributed by atoms with Crippen molar-refractivity contribution in [2.24, 2.45) is 0 Å². The van der Waals surface area contributed by atoms with Gasteiger partial charge in [-0.25, -0.2) is 0 Å². The average molecular weight is 637 g/mol. The summed E-state index contributed by atoms with van der Waals surface area (Å²) in [7, 11) is 0. The predicted octanol–water partition coefficient (Wildman–Crippen LogP) is 14.1. The lowest BCUT2D eigenvalue weighted by molar-refractivity contribution is -0.151. The summed E-state index contributed by atoms with van der Waals surface area (Å²) < 4.78 is 5.75. The van der Waals surface area contributed by atoms with Crippen molar-refractivity contribution < 1.29 is 19.4 Å². The van der Waals surface area contributed by atoms with Crippen molar-refractivity contribution in [1.82, 2.24) is 0 Å². The van der Waals surface area contributed by atoms with Crippen LogP contribution >= 0.6 is 0 Å². The Bertz CT molecular complexity index is 604. The number of aliphatic carboxylic acids is 1. The van der Waals surface area contributed by atoms with Gasteiger partial charge in [0.05, 0.1) is 0 Å². The number of unbranched alkanes of at least 4 members (excludes halogenated alkanes) is 30. The number of esters is 1. The second-order valence-electron chi connectivity index (χ2n) is 14.2. The van der Waals surface area contributed by atoms with Crippen LogP contribution < -0.4 is 0 Å². The molecule has 1 unspecified atom stereocenters. The number of carbonyl (C=O) groups is 2. The van der Waals surface area contributed by atoms with E-state index in [4.69, 9.17) is 9.84 Å². The summed E-state index contributed by atoms with van der Waals surface area (Å²) in [5, 5.41) is 9.13. The van der Waals surface area contributed by atoms with Crippen LogP contribution in [0.25, 0.3) is 0 Å². The van der Waals surface area contributed by atoms with E-state index in [9.17, 15) is 9.59 Å². The Labute approximate surface area is 282 Å². The van der Waals surface area contributed by atoms with Gasteiger partial charge in [-0.15, -0.1) is 0 Å². The van der Waals surface area contributed by atoms with Gasteiger partial charge in [0.2, 0.25) is 0 Å². The van der Waals surface area contributed by atoms with Crippen molar-refractivity contribution in [2.45, 2.75) is 251 Å². The standard InChI is InChI=1S/C41H80O4/c1-3-5-7-9-11-13-15-17-19-20-21-22-23-25-27-29-31-33-35-39(37-38-40(42)43)45-41(44)36-34-32-30-28-26-24-18-16-14-12-10-8-6-4-2/h39H,3-38H2,1-2H3,(H,42,43). The molecule has 0 aliphatic heterocycles. The van der Waals surface area contributed by atoms with Gasteiger partial charge in [-0.05, 0) is 25.7 Å². The largest absolute Gasteiger partial charge is 0.481 e. The summed E-state index contributed by atoms with van der Waals surface area (Å²) in [5.74, 6) is -0.937. The first-order chi connectivity index (χ1) is 22.1. The molecule has 268 valence electrons. The lowest BCUT2D eigenvalue weighted by atomic mass is 10.0. The van der Waals surface area contributed by atoms with E-state index in [2.05, 4.69) is 13.8 Å². The summed E-state index contributed by atoms with van der Waals surface area (Å²) in [6.45, 7) is 4.56. The van der Waals surface area contributed by atoms with Crippen LogP contribution in [0.5, 0.6) is 0 Å². The minimum Gasteiger partial charge on any atom is -0.481 e. The molecule has 0 aliphatic carbocycles. The van der Waals surface area contributed by atoms with E-state index < -0.39 is 5.97 Å². The molecule has 0 radical (unpaired) electrons. The Kier molecular flexibility index (Phi) is 36.5. The molecule has 0 spiro atoms. The molecule has 0 aromatic heterocycles. The molecule has 0 fully saturated rings. The van der Waals surface area contributed by atoms with Gasteiger partial charge in [0.1, 0.15) is 6.10 Å². The van der Waals surface area contributed by atoms with Crippen LogP contribution in [-0.2, 0) is 14.3 Å². The Morgan fingerprint density at radius 3 is 1.00 bits per heavy atom. The van der Waals surface area contributed by atoms with E-state index in [1.54, 1.807) is 0 Å². The molecular weight excluding hydrogens is 556 g/mol. The second kappa shape index (κ2) is 37.4. The van der Waals surface area contributed by atoms with Gasteiger partial charge in [0, 0.05) is 12.8 Å². The zero-order valence-electron chi connectivity index (χ0n) is 30.7. The molecule has 45 heavy (non-hydrogen) atoms. The molecular formula is C41H80O4. The number of carbonyl (C=O) groups excluding carboxylic acids is 1. The number of hydrogen-bond donors (Lipinski definition) is 1. The minimum atomic E-state index is -0.805. The van der Waals surface area contributed by atoms with Gasteiger partial charge in [-0.2, -0.15) is 0 Å². The van der Waals surface area contributed by atoms with Gasteiger partial charge in [0.15, 0.2) is 0 Å². The molecule has 0 aromatic rings. The summed E-state index contributed by atoms with van der Waals surface area (Å²) in [6.07, 6.45) is 44.1. The highest BCUT2D eigenvalue weighted by molar-refractivity contribution is 5.69. The van der Waals surface area contributed by atoms with E-state index in [-0.39, 0.29) is 18.5 Å². The van der Waals surface area contributed by atoms with Crippen molar-refractivity contribution >= 4 is 11.9 Å². The molecule has 0 saturated carbocycles. The highest BCUT2D eigenvalue weighted by Gasteiger charge is 2.16. The van der Waals surface area contributed by atoms with Crippen LogP contribution in [-0.4, -0.2) is 23.1 Å². The molecule has 0 amide bonds. The van der Waals surface area contributed by atoms with Crippen molar-refractivity contribution in [2.75, 3.05) is 0 Å². The van der Waals surface area contributed by atoms with Crippen LogP contribution in [0.3, 0.4) is 0 Å². The SMILES string of the molecule is CCCCCCCCCCCCCCCCCCCCC(CCC(=O)O)OC(=O)CCCCCCCCCCCCCCCC. The van der Waals surface area contributed by atoms with E-state index >= 15 is 0 Å². The summed E-state index contributed by atoms with van der Waals surface area (Å²) in [5.41, 5.74) is 0. The first-order valence-electron chi connectivity index (χ1n) is 20.5. The van der Waals surface area contributed by atoms with Crippen molar-refractivity contribution in [3.63, 3.8) is 0 Å². The number of hydrogen-bond acceptors (Lipinski definition) is 3. The van der Waals surface area contributed by atoms with Crippen LogP contribution in [0.4, 0.5) is 0 Å². The Morgan fingerprint density at radius 1 is 0.400 bits per heavy atom. The zero-order valence-corrected chi connectivity index (χ0v) is 30.7. The number of carboxylic acid groups (broad SMARTS) is 1. The fourth-order valence-corrected chi connectivity index (χ4v) is 6.53. The molecule has 0 bridgehead atoms. The van der Waals surface area contributed by atoms with E-state index in [0.29, 0.717) is 12.8 Å². The summed E-state index contributed by atoms with van der Waals surface area (Å²) in [6, 6.07) is 0. The maximum atomic E-state index is 12.4. The third-order valence-corrected chi connectivity index (χ3v) is 9.59. The minimum absolute atomic E-state index is 0.0792. The fraction of sp³-hybridized carbons (Fsp3) is 0.951. The Balaban J connectivity index is 3.66. The summed E-state index contributed by atoms with van der Waals surface area (Å²) in [4.78, 5) is 23.5. The fourth-order valence-electron chi connectivity index (χ4n) is 6.53. The lowest BCUT2D eigenvalue weighted by Gasteiger charge is -2.17. The summed E-state index contributed by atoms with van der Waals surface area (Å²) >= 11 is 0. The topological polar surface area (TPSA) is 63.6 Å². The normalized spacial score (nSPS) is 12.0. The molecule has 4 heteroatoms. The molecule has 0 aliphatic rings. The second-order valence-corrected chi connectivity index (χ2v) is 14.2. The first kappa shape index (κ1) is 43.9. The van der Waals surface area contributed by atoms with Gasteiger partial charge < -0.3 is 9.84 Å². The zero-order chi connectivity index (χ0) is 32.9. The maximum Gasteiger partial charge on any atom is 0.306 e. The van der Waals surface area contributed by atoms with Crippen LogP contribution in [0, 0.1) is 0 Å². The van der Waals surface area contributed by atoms with E-state index in [1.807, 2.05) is 0 Å². The number of rotatable bonds is 38. The molecule has 0 heterocycles. The maximum absolute atomic E-state index is 12.4. The lowest BCUT2D eigenvalue weighted by Crippen LogP contribution is -2.19. The highest BCUT2D eigenvalue weighted by atomic mass is 16.5. The molecule has 0 aromatic carbocycles. The Hall–Kier alpha value is -1.06. The van der Waals surface area contributed by atoms with Crippen molar-refractivity contribution in [3.05, 3.63) is 0 Å². The van der Waals surface area contributed by atoms with Crippen molar-refractivity contribution in [3.8, 4) is 0 Å². The van der Waals surface area contributed by atoms with E-state index in [1.165, 1.54) is 180 Å². The third kappa shape index (κ3) is 37.3. The third-order valence-electron chi connectivity index (χ3n) is 9.59. The van der Waals surface area contributed by atoms with Crippen LogP contribution in [0.1, 0.15) is 245 Å². The van der Waals surface area contributed by atoms with Gasteiger partial charge in [0.25, 0.3) is 0 Å². The van der Waals surface area contributed by atoms with Gasteiger partial charge >= 0.3 is 11.9 Å². The van der Waals surface area contributed by atoms with Crippen LogP contribution in [0.2, 0.25) is 0 Å². The molecule has 1 atom stereocenters.